The first-order valence-corrected chi connectivity index (χ1v) is 7.46. The van der Waals surface area contributed by atoms with Gasteiger partial charge in [-0.1, -0.05) is 6.42 Å². The van der Waals surface area contributed by atoms with Crippen LogP contribution in [0.1, 0.15) is 42.4 Å². The SMILES string of the molecule is COC(=O)CCc1c[nH]c2cc3c(cc12)CCCCC3. The number of benzene rings is 1. The zero-order valence-electron chi connectivity index (χ0n) is 12.0. The Morgan fingerprint density at radius 2 is 1.95 bits per heavy atom. The van der Waals surface area contributed by atoms with Crippen LogP contribution in [0, 0.1) is 0 Å². The summed E-state index contributed by atoms with van der Waals surface area (Å²) in [6.45, 7) is 0. The van der Waals surface area contributed by atoms with Gasteiger partial charge in [0.1, 0.15) is 0 Å². The van der Waals surface area contributed by atoms with Crippen LogP contribution < -0.4 is 0 Å². The lowest BCUT2D eigenvalue weighted by Gasteiger charge is -2.07. The summed E-state index contributed by atoms with van der Waals surface area (Å²) < 4.78 is 4.72. The molecule has 1 aliphatic carbocycles. The summed E-state index contributed by atoms with van der Waals surface area (Å²) in [6.07, 6.45) is 9.53. The number of methoxy groups -OCH3 is 1. The van der Waals surface area contributed by atoms with E-state index in [-0.39, 0.29) is 5.97 Å². The molecule has 0 aliphatic heterocycles. The highest BCUT2D eigenvalue weighted by molar-refractivity contribution is 5.85. The molecule has 1 aliphatic rings. The second-order valence-corrected chi connectivity index (χ2v) is 5.62. The average molecular weight is 271 g/mol. The number of aromatic nitrogens is 1. The number of aromatic amines is 1. The molecule has 3 heteroatoms. The molecular formula is C17H21NO2. The standard InChI is InChI=1S/C17H21NO2/c1-20-17(19)8-7-14-11-18-16-10-13-6-4-2-3-5-12(13)9-15(14)16/h9-11,18H,2-8H2,1H3. The number of esters is 1. The molecule has 0 atom stereocenters. The van der Waals surface area contributed by atoms with Crippen molar-refractivity contribution in [3.63, 3.8) is 0 Å². The number of hydrogen-bond acceptors (Lipinski definition) is 2. The van der Waals surface area contributed by atoms with Gasteiger partial charge in [0.25, 0.3) is 0 Å². The third-order valence-corrected chi connectivity index (χ3v) is 4.31. The van der Waals surface area contributed by atoms with E-state index in [0.717, 1.165) is 6.42 Å². The quantitative estimate of drug-likeness (QED) is 0.685. The molecule has 106 valence electrons. The molecule has 1 heterocycles. The number of nitrogens with one attached hydrogen (secondary N) is 1. The van der Waals surface area contributed by atoms with Gasteiger partial charge in [-0.2, -0.15) is 0 Å². The highest BCUT2D eigenvalue weighted by Gasteiger charge is 2.13. The summed E-state index contributed by atoms with van der Waals surface area (Å²) in [4.78, 5) is 14.6. The van der Waals surface area contributed by atoms with Crippen molar-refractivity contribution >= 4 is 16.9 Å². The Morgan fingerprint density at radius 3 is 2.70 bits per heavy atom. The van der Waals surface area contributed by atoms with Crippen LogP contribution in [0.5, 0.6) is 0 Å². The van der Waals surface area contributed by atoms with E-state index in [1.807, 2.05) is 6.20 Å². The van der Waals surface area contributed by atoms with E-state index < -0.39 is 0 Å². The monoisotopic (exact) mass is 271 g/mol. The van der Waals surface area contributed by atoms with Crippen molar-refractivity contribution in [1.29, 1.82) is 0 Å². The van der Waals surface area contributed by atoms with Crippen LogP contribution >= 0.6 is 0 Å². The smallest absolute Gasteiger partial charge is 0.305 e. The second kappa shape index (κ2) is 5.70. The van der Waals surface area contributed by atoms with Crippen molar-refractivity contribution in [3.05, 3.63) is 35.0 Å². The van der Waals surface area contributed by atoms with Gasteiger partial charge in [0.2, 0.25) is 0 Å². The maximum atomic E-state index is 11.3. The lowest BCUT2D eigenvalue weighted by atomic mass is 9.98. The highest BCUT2D eigenvalue weighted by atomic mass is 16.5. The summed E-state index contributed by atoms with van der Waals surface area (Å²) >= 11 is 0. The summed E-state index contributed by atoms with van der Waals surface area (Å²) in [5, 5.41) is 1.27. The molecule has 0 amide bonds. The lowest BCUT2D eigenvalue weighted by molar-refractivity contribution is -0.140. The van der Waals surface area contributed by atoms with Crippen LogP contribution in [0.15, 0.2) is 18.3 Å². The third kappa shape index (κ3) is 2.58. The molecule has 1 N–H and O–H groups in total. The fourth-order valence-electron chi connectivity index (χ4n) is 3.14. The van der Waals surface area contributed by atoms with Gasteiger partial charge in [-0.05, 0) is 60.9 Å². The Morgan fingerprint density at radius 1 is 1.20 bits per heavy atom. The van der Waals surface area contributed by atoms with E-state index in [1.54, 1.807) is 0 Å². The number of ether oxygens (including phenoxy) is 1. The van der Waals surface area contributed by atoms with E-state index in [4.69, 9.17) is 4.74 Å². The Labute approximate surface area is 119 Å². The fourth-order valence-corrected chi connectivity index (χ4v) is 3.14. The first kappa shape index (κ1) is 13.2. The molecular weight excluding hydrogens is 250 g/mol. The predicted molar refractivity (Wildman–Crippen MR) is 79.9 cm³/mol. The summed E-state index contributed by atoms with van der Waals surface area (Å²) in [7, 11) is 1.44. The minimum Gasteiger partial charge on any atom is -0.469 e. The maximum absolute atomic E-state index is 11.3. The summed E-state index contributed by atoms with van der Waals surface area (Å²) in [5.74, 6) is -0.144. The van der Waals surface area contributed by atoms with Crippen molar-refractivity contribution in [3.8, 4) is 0 Å². The highest BCUT2D eigenvalue weighted by Crippen LogP contribution is 2.28. The van der Waals surface area contributed by atoms with Crippen LogP contribution in [-0.4, -0.2) is 18.1 Å². The first-order chi connectivity index (χ1) is 9.78. The molecule has 1 aromatic heterocycles. The number of hydrogen-bond donors (Lipinski definition) is 1. The molecule has 3 nitrogen and oxygen atoms in total. The zero-order chi connectivity index (χ0) is 13.9. The largest absolute Gasteiger partial charge is 0.469 e. The number of H-pyrrole nitrogens is 1. The molecule has 1 aromatic carbocycles. The van der Waals surface area contributed by atoms with Crippen molar-refractivity contribution < 1.29 is 9.53 Å². The number of fused-ring (bicyclic) bond motifs is 2. The molecule has 0 saturated heterocycles. The van der Waals surface area contributed by atoms with Crippen molar-refractivity contribution in [2.75, 3.05) is 7.11 Å². The Kier molecular flexibility index (Phi) is 3.77. The average Bonchev–Trinajstić information content (AvgIpc) is 2.70. The van der Waals surface area contributed by atoms with Crippen molar-refractivity contribution in [2.45, 2.75) is 44.9 Å². The minimum atomic E-state index is -0.144. The minimum absolute atomic E-state index is 0.144. The van der Waals surface area contributed by atoms with Crippen LogP contribution in [0.4, 0.5) is 0 Å². The van der Waals surface area contributed by atoms with Crippen LogP contribution in [0.25, 0.3) is 10.9 Å². The van der Waals surface area contributed by atoms with E-state index in [1.165, 1.54) is 66.8 Å². The summed E-state index contributed by atoms with van der Waals surface area (Å²) in [6, 6.07) is 4.64. The molecule has 0 unspecified atom stereocenters. The topological polar surface area (TPSA) is 42.1 Å². The summed E-state index contributed by atoms with van der Waals surface area (Å²) in [5.41, 5.74) is 5.41. The van der Waals surface area contributed by atoms with Gasteiger partial charge in [0, 0.05) is 23.5 Å². The van der Waals surface area contributed by atoms with Gasteiger partial charge in [-0.25, -0.2) is 0 Å². The Bertz CT molecular complexity index is 627. The molecule has 3 rings (SSSR count). The van der Waals surface area contributed by atoms with Crippen LogP contribution in [0.3, 0.4) is 0 Å². The molecule has 20 heavy (non-hydrogen) atoms. The third-order valence-electron chi connectivity index (χ3n) is 4.31. The Hall–Kier alpha value is -1.77. The van der Waals surface area contributed by atoms with Gasteiger partial charge in [0.05, 0.1) is 7.11 Å². The van der Waals surface area contributed by atoms with Crippen LogP contribution in [-0.2, 0) is 28.8 Å². The van der Waals surface area contributed by atoms with Gasteiger partial charge in [0.15, 0.2) is 0 Å². The van der Waals surface area contributed by atoms with E-state index in [2.05, 4.69) is 17.1 Å². The predicted octanol–water partition coefficient (Wildman–Crippen LogP) is 3.54. The van der Waals surface area contributed by atoms with Gasteiger partial charge in [-0.3, -0.25) is 4.79 Å². The number of carbonyl (C=O) groups is 1. The maximum Gasteiger partial charge on any atom is 0.305 e. The second-order valence-electron chi connectivity index (χ2n) is 5.62. The molecule has 2 aromatic rings. The van der Waals surface area contributed by atoms with Crippen molar-refractivity contribution in [1.82, 2.24) is 4.98 Å². The van der Waals surface area contributed by atoms with E-state index >= 15 is 0 Å². The molecule has 0 bridgehead atoms. The Balaban J connectivity index is 1.91. The normalized spacial score (nSPS) is 14.8. The fraction of sp³-hybridized carbons (Fsp3) is 0.471. The number of aryl methyl sites for hydroxylation is 3. The van der Waals surface area contributed by atoms with Gasteiger partial charge < -0.3 is 9.72 Å². The lowest BCUT2D eigenvalue weighted by Crippen LogP contribution is -2.01. The first-order valence-electron chi connectivity index (χ1n) is 7.46. The van der Waals surface area contributed by atoms with E-state index in [0.29, 0.717) is 6.42 Å². The van der Waals surface area contributed by atoms with Gasteiger partial charge in [-0.15, -0.1) is 0 Å². The van der Waals surface area contributed by atoms with Crippen molar-refractivity contribution in [2.24, 2.45) is 0 Å². The molecule has 0 radical (unpaired) electrons. The van der Waals surface area contributed by atoms with Gasteiger partial charge >= 0.3 is 5.97 Å². The molecule has 0 fully saturated rings. The van der Waals surface area contributed by atoms with E-state index in [9.17, 15) is 4.79 Å². The zero-order valence-corrected chi connectivity index (χ0v) is 12.0. The molecule has 0 spiro atoms. The van der Waals surface area contributed by atoms with Crippen LogP contribution in [0.2, 0.25) is 0 Å². The number of rotatable bonds is 3. The molecule has 0 saturated carbocycles. The number of carbonyl (C=O) groups excluding carboxylic acids is 1.